The Bertz CT molecular complexity index is 350. The Hall–Kier alpha value is -1.52. The molecule has 5 heteroatoms. The van der Waals surface area contributed by atoms with E-state index in [0.29, 0.717) is 0 Å². The summed E-state index contributed by atoms with van der Waals surface area (Å²) in [6, 6.07) is 0. The van der Waals surface area contributed by atoms with Gasteiger partial charge in [-0.1, -0.05) is 11.6 Å². The van der Waals surface area contributed by atoms with E-state index in [9.17, 15) is 14.7 Å². The molecule has 0 heterocycles. The van der Waals surface area contributed by atoms with Crippen molar-refractivity contribution in [3.63, 3.8) is 0 Å². The van der Waals surface area contributed by atoms with Crippen molar-refractivity contribution in [3.05, 3.63) is 11.6 Å². The van der Waals surface area contributed by atoms with Gasteiger partial charge in [0.2, 0.25) is 0 Å². The van der Waals surface area contributed by atoms with Crippen LogP contribution < -0.4 is 5.32 Å². The van der Waals surface area contributed by atoms with E-state index in [1.807, 2.05) is 13.8 Å². The molecule has 0 spiro atoms. The molecule has 0 aromatic heterocycles. The molecule has 18 heavy (non-hydrogen) atoms. The number of ether oxygens (including phenoxy) is 1. The predicted octanol–water partition coefficient (Wildman–Crippen LogP) is 2.71. The number of carboxylic acids is 1. The Morgan fingerprint density at radius 1 is 1.22 bits per heavy atom. The molecule has 0 rings (SSSR count). The molecule has 1 amide bonds. The third-order valence-electron chi connectivity index (χ3n) is 2.17. The van der Waals surface area contributed by atoms with Crippen LogP contribution in [0.1, 0.15) is 48.0 Å². The van der Waals surface area contributed by atoms with Gasteiger partial charge in [0.1, 0.15) is 11.1 Å². The Morgan fingerprint density at radius 3 is 2.06 bits per heavy atom. The molecule has 0 saturated heterocycles. The van der Waals surface area contributed by atoms with E-state index in [1.165, 1.54) is 6.92 Å². The summed E-state index contributed by atoms with van der Waals surface area (Å²) < 4.78 is 5.06. The first-order chi connectivity index (χ1) is 7.96. The van der Waals surface area contributed by atoms with Gasteiger partial charge in [0.15, 0.2) is 0 Å². The number of rotatable bonds is 4. The monoisotopic (exact) mass is 257 g/mol. The van der Waals surface area contributed by atoms with Crippen LogP contribution in [0.15, 0.2) is 11.6 Å². The number of carbonyl (C=O) groups is 2. The molecule has 1 atom stereocenters. The molecule has 0 unspecified atom stereocenters. The molecular formula is C13H23NO4. The lowest BCUT2D eigenvalue weighted by molar-refractivity contribution is -0.144. The molecule has 0 saturated carbocycles. The van der Waals surface area contributed by atoms with Gasteiger partial charge in [0.25, 0.3) is 0 Å². The summed E-state index contributed by atoms with van der Waals surface area (Å²) in [5.41, 5.74) is -1.02. The average molecular weight is 257 g/mol. The Morgan fingerprint density at radius 2 is 1.72 bits per heavy atom. The molecule has 2 N–H and O–H groups in total. The first-order valence-electron chi connectivity index (χ1n) is 5.84. The topological polar surface area (TPSA) is 75.6 Å². The van der Waals surface area contributed by atoms with Crippen molar-refractivity contribution < 1.29 is 19.4 Å². The summed E-state index contributed by atoms with van der Waals surface area (Å²) >= 11 is 0. The third kappa shape index (κ3) is 6.27. The van der Waals surface area contributed by atoms with E-state index in [0.717, 1.165) is 5.57 Å². The van der Waals surface area contributed by atoms with E-state index in [1.54, 1.807) is 26.8 Å². The number of carbonyl (C=O) groups excluding carboxylic acids is 1. The molecule has 0 fully saturated rings. The molecule has 5 nitrogen and oxygen atoms in total. The molecule has 104 valence electrons. The fraction of sp³-hybridized carbons (Fsp3) is 0.692. The number of hydrogen-bond donors (Lipinski definition) is 2. The SMILES string of the molecule is CC(C)=CC[C@](C)(NC(=O)OC(C)(C)C)C(=O)O. The van der Waals surface area contributed by atoms with Gasteiger partial charge in [-0.15, -0.1) is 0 Å². The molecule has 0 aromatic carbocycles. The van der Waals surface area contributed by atoms with Crippen molar-refractivity contribution in [2.45, 2.75) is 59.1 Å². The maximum Gasteiger partial charge on any atom is 0.408 e. The summed E-state index contributed by atoms with van der Waals surface area (Å²) in [6.07, 6.45) is 1.25. The second-order valence-electron chi connectivity index (χ2n) is 5.75. The first-order valence-corrected chi connectivity index (χ1v) is 5.84. The van der Waals surface area contributed by atoms with Gasteiger partial charge in [0, 0.05) is 0 Å². The summed E-state index contributed by atoms with van der Waals surface area (Å²) in [5, 5.41) is 11.6. The van der Waals surface area contributed by atoms with Crippen LogP contribution in [-0.4, -0.2) is 28.3 Å². The fourth-order valence-corrected chi connectivity index (χ4v) is 1.13. The van der Waals surface area contributed by atoms with Crippen molar-refractivity contribution in [3.8, 4) is 0 Å². The largest absolute Gasteiger partial charge is 0.480 e. The molecule has 0 aromatic rings. The van der Waals surface area contributed by atoms with Crippen molar-refractivity contribution in [1.82, 2.24) is 5.32 Å². The second kappa shape index (κ2) is 5.89. The standard InChI is InChI=1S/C13H23NO4/c1-9(2)7-8-13(6,10(15)16)14-11(17)18-12(3,4)5/h7H,8H2,1-6H3,(H,14,17)(H,15,16)/t13-/m0/s1. The quantitative estimate of drug-likeness (QED) is 0.759. The highest BCUT2D eigenvalue weighted by Gasteiger charge is 2.35. The van der Waals surface area contributed by atoms with Crippen LogP contribution >= 0.6 is 0 Å². The highest BCUT2D eigenvalue weighted by Crippen LogP contribution is 2.15. The van der Waals surface area contributed by atoms with E-state index in [-0.39, 0.29) is 6.42 Å². The zero-order valence-electron chi connectivity index (χ0n) is 12.0. The predicted molar refractivity (Wildman–Crippen MR) is 69.5 cm³/mol. The number of amides is 1. The number of hydrogen-bond acceptors (Lipinski definition) is 3. The van der Waals surface area contributed by atoms with E-state index < -0.39 is 23.2 Å². The second-order valence-corrected chi connectivity index (χ2v) is 5.75. The minimum Gasteiger partial charge on any atom is -0.480 e. The summed E-state index contributed by atoms with van der Waals surface area (Å²) in [4.78, 5) is 22.8. The summed E-state index contributed by atoms with van der Waals surface area (Å²) in [6.45, 7) is 10.4. The zero-order valence-corrected chi connectivity index (χ0v) is 12.0. The maximum atomic E-state index is 11.6. The molecule has 0 bridgehead atoms. The van der Waals surface area contributed by atoms with E-state index in [2.05, 4.69) is 5.32 Å². The fourth-order valence-electron chi connectivity index (χ4n) is 1.13. The molecule has 0 aliphatic rings. The Balaban J connectivity index is 4.77. The Kier molecular flexibility index (Phi) is 5.39. The summed E-state index contributed by atoms with van der Waals surface area (Å²) in [5.74, 6) is -1.09. The highest BCUT2D eigenvalue weighted by molar-refractivity contribution is 5.84. The lowest BCUT2D eigenvalue weighted by Gasteiger charge is -2.27. The number of allylic oxidation sites excluding steroid dienone is 1. The number of nitrogens with one attached hydrogen (secondary N) is 1. The number of aliphatic carboxylic acids is 1. The van der Waals surface area contributed by atoms with Gasteiger partial charge >= 0.3 is 12.1 Å². The van der Waals surface area contributed by atoms with Crippen LogP contribution in [0.4, 0.5) is 4.79 Å². The lowest BCUT2D eigenvalue weighted by Crippen LogP contribution is -2.53. The van der Waals surface area contributed by atoms with Crippen LogP contribution in [0, 0.1) is 0 Å². The van der Waals surface area contributed by atoms with Crippen LogP contribution in [0.3, 0.4) is 0 Å². The summed E-state index contributed by atoms with van der Waals surface area (Å²) in [7, 11) is 0. The van der Waals surface area contributed by atoms with Gasteiger partial charge in [-0.25, -0.2) is 9.59 Å². The van der Waals surface area contributed by atoms with Gasteiger partial charge < -0.3 is 15.2 Å². The van der Waals surface area contributed by atoms with Crippen molar-refractivity contribution in [2.75, 3.05) is 0 Å². The normalized spacial score (nSPS) is 14.3. The van der Waals surface area contributed by atoms with Gasteiger partial charge in [-0.05, 0) is 48.0 Å². The van der Waals surface area contributed by atoms with E-state index >= 15 is 0 Å². The van der Waals surface area contributed by atoms with Gasteiger partial charge in [-0.3, -0.25) is 0 Å². The van der Waals surface area contributed by atoms with Gasteiger partial charge in [-0.2, -0.15) is 0 Å². The maximum absolute atomic E-state index is 11.6. The van der Waals surface area contributed by atoms with Crippen molar-refractivity contribution in [1.29, 1.82) is 0 Å². The minimum atomic E-state index is -1.36. The van der Waals surface area contributed by atoms with Crippen LogP contribution in [0.25, 0.3) is 0 Å². The molecular weight excluding hydrogens is 234 g/mol. The molecule has 0 radical (unpaired) electrons. The van der Waals surface area contributed by atoms with Crippen LogP contribution in [0.2, 0.25) is 0 Å². The minimum absolute atomic E-state index is 0.212. The lowest BCUT2D eigenvalue weighted by atomic mass is 9.97. The van der Waals surface area contributed by atoms with E-state index in [4.69, 9.17) is 4.74 Å². The number of alkyl carbamates (subject to hydrolysis) is 1. The third-order valence-corrected chi connectivity index (χ3v) is 2.17. The first kappa shape index (κ1) is 16.5. The van der Waals surface area contributed by atoms with Crippen molar-refractivity contribution in [2.24, 2.45) is 0 Å². The smallest absolute Gasteiger partial charge is 0.408 e. The van der Waals surface area contributed by atoms with Crippen LogP contribution in [-0.2, 0) is 9.53 Å². The highest BCUT2D eigenvalue weighted by atomic mass is 16.6. The molecule has 0 aliphatic carbocycles. The van der Waals surface area contributed by atoms with Crippen LogP contribution in [0.5, 0.6) is 0 Å². The van der Waals surface area contributed by atoms with Gasteiger partial charge in [0.05, 0.1) is 0 Å². The Labute approximate surface area is 108 Å². The van der Waals surface area contributed by atoms with Crippen molar-refractivity contribution >= 4 is 12.1 Å². The number of carboxylic acid groups (broad SMARTS) is 1. The zero-order chi connectivity index (χ0) is 14.6. The molecule has 0 aliphatic heterocycles. The average Bonchev–Trinajstić information content (AvgIpc) is 2.11.